The highest BCUT2D eigenvalue weighted by Gasteiger charge is 2.30. The molecule has 0 spiro atoms. The summed E-state index contributed by atoms with van der Waals surface area (Å²) in [6.45, 7) is 0. The number of hydrogen-bond acceptors (Lipinski definition) is 3. The van der Waals surface area contributed by atoms with Crippen molar-refractivity contribution >= 4 is 22.9 Å². The van der Waals surface area contributed by atoms with E-state index in [1.165, 1.54) is 18.3 Å². The Balaban J connectivity index is 1.82. The van der Waals surface area contributed by atoms with Gasteiger partial charge in [-0.3, -0.25) is 4.79 Å². The van der Waals surface area contributed by atoms with E-state index in [9.17, 15) is 23.1 Å². The molecule has 0 aliphatic heterocycles. The summed E-state index contributed by atoms with van der Waals surface area (Å²) in [5.41, 5.74) is 1.48. The number of alkyl halides is 3. The molecule has 0 aromatic heterocycles. The molecule has 132 valence electrons. The lowest BCUT2D eigenvalue weighted by molar-refractivity contribution is -0.137. The zero-order valence-electron chi connectivity index (χ0n) is 13.3. The number of aromatic hydroxyl groups is 1. The second kappa shape index (κ2) is 6.87. The molecular weight excluding hydrogens is 345 g/mol. The largest absolute Gasteiger partial charge is 0.507 e. The van der Waals surface area contributed by atoms with Crippen molar-refractivity contribution < 1.29 is 23.1 Å². The van der Waals surface area contributed by atoms with Crippen molar-refractivity contribution in [2.75, 3.05) is 0 Å². The number of hydrogen-bond donors (Lipinski definition) is 2. The van der Waals surface area contributed by atoms with Crippen LogP contribution in [0.5, 0.6) is 5.75 Å². The molecule has 0 aliphatic carbocycles. The summed E-state index contributed by atoms with van der Waals surface area (Å²) in [6, 6.07) is 14.6. The number of nitrogens with zero attached hydrogens (tertiary/aromatic N) is 1. The van der Waals surface area contributed by atoms with Crippen molar-refractivity contribution in [2.24, 2.45) is 5.10 Å². The van der Waals surface area contributed by atoms with Gasteiger partial charge in [-0.25, -0.2) is 5.43 Å². The monoisotopic (exact) mass is 358 g/mol. The second-order valence-corrected chi connectivity index (χ2v) is 5.50. The van der Waals surface area contributed by atoms with Crippen LogP contribution in [0.3, 0.4) is 0 Å². The van der Waals surface area contributed by atoms with Crippen molar-refractivity contribution in [3.05, 3.63) is 77.4 Å². The lowest BCUT2D eigenvalue weighted by Crippen LogP contribution is -2.18. The summed E-state index contributed by atoms with van der Waals surface area (Å²) in [6.07, 6.45) is -3.28. The first-order chi connectivity index (χ1) is 12.4. The molecule has 3 aromatic carbocycles. The third-order valence-electron chi connectivity index (χ3n) is 3.76. The van der Waals surface area contributed by atoms with Crippen molar-refractivity contribution in [3.63, 3.8) is 0 Å². The molecule has 2 N–H and O–H groups in total. The van der Waals surface area contributed by atoms with E-state index in [1.807, 2.05) is 12.1 Å². The summed E-state index contributed by atoms with van der Waals surface area (Å²) >= 11 is 0. The van der Waals surface area contributed by atoms with Gasteiger partial charge in [-0.05, 0) is 35.0 Å². The lowest BCUT2D eigenvalue weighted by Gasteiger charge is -2.08. The number of hydrazone groups is 1. The number of benzene rings is 3. The van der Waals surface area contributed by atoms with Gasteiger partial charge in [0.15, 0.2) is 0 Å². The Morgan fingerprint density at radius 3 is 2.58 bits per heavy atom. The second-order valence-electron chi connectivity index (χ2n) is 5.50. The highest BCUT2D eigenvalue weighted by atomic mass is 19.4. The van der Waals surface area contributed by atoms with Crippen LogP contribution in [-0.2, 0) is 6.18 Å². The fourth-order valence-electron chi connectivity index (χ4n) is 2.48. The topological polar surface area (TPSA) is 61.7 Å². The molecule has 0 atom stereocenters. The number of nitrogens with one attached hydrogen (secondary N) is 1. The Bertz CT molecular complexity index is 997. The predicted molar refractivity (Wildman–Crippen MR) is 92.1 cm³/mol. The molecular formula is C19H13F3N2O2. The zero-order chi connectivity index (χ0) is 18.7. The van der Waals surface area contributed by atoms with Crippen LogP contribution in [0.25, 0.3) is 10.8 Å². The molecule has 0 saturated carbocycles. The Kier molecular flexibility index (Phi) is 4.62. The van der Waals surface area contributed by atoms with Crippen LogP contribution in [0.2, 0.25) is 0 Å². The van der Waals surface area contributed by atoms with Crippen LogP contribution < -0.4 is 5.43 Å². The normalized spacial score (nSPS) is 11.8. The van der Waals surface area contributed by atoms with Gasteiger partial charge in [0.1, 0.15) is 5.75 Å². The molecule has 0 aliphatic rings. The summed E-state index contributed by atoms with van der Waals surface area (Å²) in [5.74, 6) is -0.812. The summed E-state index contributed by atoms with van der Waals surface area (Å²) in [7, 11) is 0. The SMILES string of the molecule is O=C(N/N=C/c1c(O)ccc2ccccc12)c1cccc(C(F)(F)F)c1. The molecule has 4 nitrogen and oxygen atoms in total. The number of amides is 1. The molecule has 3 rings (SSSR count). The highest BCUT2D eigenvalue weighted by molar-refractivity contribution is 6.03. The average Bonchev–Trinajstić information content (AvgIpc) is 2.63. The van der Waals surface area contributed by atoms with E-state index in [2.05, 4.69) is 10.5 Å². The van der Waals surface area contributed by atoms with Crippen LogP contribution in [0.4, 0.5) is 13.2 Å². The van der Waals surface area contributed by atoms with Gasteiger partial charge >= 0.3 is 6.18 Å². The minimum Gasteiger partial charge on any atom is -0.507 e. The van der Waals surface area contributed by atoms with Crippen molar-refractivity contribution in [2.45, 2.75) is 6.18 Å². The minimum absolute atomic E-state index is 0.0271. The van der Waals surface area contributed by atoms with Crippen LogP contribution in [-0.4, -0.2) is 17.2 Å². The van der Waals surface area contributed by atoms with Gasteiger partial charge in [-0.1, -0.05) is 36.4 Å². The molecule has 0 unspecified atom stereocenters. The predicted octanol–water partition coefficient (Wildman–Crippen LogP) is 4.33. The number of carbonyl (C=O) groups excluding carboxylic acids is 1. The van der Waals surface area contributed by atoms with Crippen molar-refractivity contribution in [1.82, 2.24) is 5.43 Å². The van der Waals surface area contributed by atoms with E-state index < -0.39 is 17.6 Å². The summed E-state index contributed by atoms with van der Waals surface area (Å²) in [5, 5.41) is 15.3. The molecule has 0 saturated heterocycles. The molecule has 0 radical (unpaired) electrons. The molecule has 7 heteroatoms. The maximum Gasteiger partial charge on any atom is 0.416 e. The lowest BCUT2D eigenvalue weighted by atomic mass is 10.0. The van der Waals surface area contributed by atoms with Gasteiger partial charge in [0.25, 0.3) is 5.91 Å². The molecule has 26 heavy (non-hydrogen) atoms. The molecule has 0 bridgehead atoms. The van der Waals surface area contributed by atoms with E-state index in [0.717, 1.165) is 29.0 Å². The highest BCUT2D eigenvalue weighted by Crippen LogP contribution is 2.29. The van der Waals surface area contributed by atoms with Gasteiger partial charge < -0.3 is 5.11 Å². The maximum absolute atomic E-state index is 12.7. The fourth-order valence-corrected chi connectivity index (χ4v) is 2.48. The summed E-state index contributed by atoms with van der Waals surface area (Å²) < 4.78 is 38.1. The van der Waals surface area contributed by atoms with E-state index in [0.29, 0.717) is 5.56 Å². The van der Waals surface area contributed by atoms with Gasteiger partial charge in [0.2, 0.25) is 0 Å². The van der Waals surface area contributed by atoms with Gasteiger partial charge in [-0.15, -0.1) is 0 Å². The van der Waals surface area contributed by atoms with E-state index in [1.54, 1.807) is 18.2 Å². The minimum atomic E-state index is -4.53. The Hall–Kier alpha value is -3.35. The van der Waals surface area contributed by atoms with Crippen molar-refractivity contribution in [3.8, 4) is 5.75 Å². The third kappa shape index (κ3) is 3.66. The van der Waals surface area contributed by atoms with Crippen molar-refractivity contribution in [1.29, 1.82) is 0 Å². The van der Waals surface area contributed by atoms with E-state index >= 15 is 0 Å². The summed E-state index contributed by atoms with van der Waals surface area (Å²) in [4.78, 5) is 12.0. The van der Waals surface area contributed by atoms with Crippen LogP contribution in [0.15, 0.2) is 65.8 Å². The third-order valence-corrected chi connectivity index (χ3v) is 3.76. The van der Waals surface area contributed by atoms with Gasteiger partial charge in [0.05, 0.1) is 11.8 Å². The number of rotatable bonds is 3. The number of phenolic OH excluding ortho intramolecular Hbond substituents is 1. The fraction of sp³-hybridized carbons (Fsp3) is 0.0526. The standard InChI is InChI=1S/C19H13F3N2O2/c20-19(21,22)14-6-3-5-13(10-14)18(26)24-23-11-16-15-7-2-1-4-12(15)8-9-17(16)25/h1-11,25H,(H,24,26)/b23-11+. The number of halogens is 3. The van der Waals surface area contributed by atoms with E-state index in [4.69, 9.17) is 0 Å². The number of carbonyl (C=O) groups is 1. The van der Waals surface area contributed by atoms with Gasteiger partial charge in [0, 0.05) is 11.1 Å². The number of fused-ring (bicyclic) bond motifs is 1. The Morgan fingerprint density at radius 2 is 1.81 bits per heavy atom. The number of phenols is 1. The molecule has 0 fully saturated rings. The maximum atomic E-state index is 12.7. The smallest absolute Gasteiger partial charge is 0.416 e. The Labute approximate surface area is 146 Å². The first-order valence-electron chi connectivity index (χ1n) is 7.57. The van der Waals surface area contributed by atoms with Crippen LogP contribution in [0, 0.1) is 0 Å². The van der Waals surface area contributed by atoms with Gasteiger partial charge in [-0.2, -0.15) is 18.3 Å². The Morgan fingerprint density at radius 1 is 1.04 bits per heavy atom. The average molecular weight is 358 g/mol. The quantitative estimate of drug-likeness (QED) is 0.541. The first kappa shape index (κ1) is 17.5. The zero-order valence-corrected chi connectivity index (χ0v) is 13.3. The van der Waals surface area contributed by atoms with Crippen LogP contribution in [0.1, 0.15) is 21.5 Å². The van der Waals surface area contributed by atoms with Crippen LogP contribution >= 0.6 is 0 Å². The van der Waals surface area contributed by atoms with E-state index in [-0.39, 0.29) is 11.3 Å². The molecule has 1 amide bonds. The first-order valence-corrected chi connectivity index (χ1v) is 7.57. The molecule has 3 aromatic rings. The molecule has 0 heterocycles.